The highest BCUT2D eigenvalue weighted by molar-refractivity contribution is 7.99. The van der Waals surface area contributed by atoms with Gasteiger partial charge in [0.15, 0.2) is 5.82 Å². The smallest absolute Gasteiger partial charge is 0.202 e. The van der Waals surface area contributed by atoms with Crippen LogP contribution in [0.25, 0.3) is 17.2 Å². The molecule has 4 aromatic rings. The molecule has 0 saturated heterocycles. The van der Waals surface area contributed by atoms with Gasteiger partial charge in [0.2, 0.25) is 5.16 Å². The summed E-state index contributed by atoms with van der Waals surface area (Å²) in [7, 11) is 0. The molecule has 0 bridgehead atoms. The topological polar surface area (TPSA) is 80.3 Å². The van der Waals surface area contributed by atoms with Gasteiger partial charge in [-0.15, -0.1) is 10.2 Å². The van der Waals surface area contributed by atoms with E-state index in [1.165, 1.54) is 17.3 Å². The zero-order valence-electron chi connectivity index (χ0n) is 15.4. The first-order valence-electron chi connectivity index (χ1n) is 8.65. The van der Waals surface area contributed by atoms with E-state index < -0.39 is 0 Å². The summed E-state index contributed by atoms with van der Waals surface area (Å²) in [4.78, 5) is 8.78. The Hall–Kier alpha value is -3.50. The fourth-order valence-electron chi connectivity index (χ4n) is 2.90. The highest BCUT2D eigenvalue weighted by Gasteiger charge is 2.19. The lowest BCUT2D eigenvalue weighted by Gasteiger charge is -2.13. The minimum atomic E-state index is 0.368. The molecule has 0 spiro atoms. The molecule has 4 rings (SSSR count). The van der Waals surface area contributed by atoms with Crippen LogP contribution in [-0.2, 0) is 0 Å². The van der Waals surface area contributed by atoms with Crippen LogP contribution in [0.5, 0.6) is 0 Å². The Labute approximate surface area is 166 Å². The van der Waals surface area contributed by atoms with Crippen molar-refractivity contribution in [2.45, 2.75) is 24.0 Å². The van der Waals surface area contributed by atoms with Crippen molar-refractivity contribution in [2.24, 2.45) is 0 Å². The molecule has 136 valence electrons. The van der Waals surface area contributed by atoms with E-state index in [4.69, 9.17) is 5.26 Å². The van der Waals surface area contributed by atoms with Gasteiger partial charge in [0.05, 0.1) is 5.69 Å². The van der Waals surface area contributed by atoms with Crippen LogP contribution in [0.1, 0.15) is 16.8 Å². The molecule has 3 aromatic heterocycles. The zero-order chi connectivity index (χ0) is 19.5. The number of benzene rings is 1. The summed E-state index contributed by atoms with van der Waals surface area (Å²) in [5.74, 6) is 0.659. The Morgan fingerprint density at radius 2 is 1.89 bits per heavy atom. The van der Waals surface area contributed by atoms with Crippen molar-refractivity contribution in [3.63, 3.8) is 0 Å². The normalized spacial score (nSPS) is 10.6. The third kappa shape index (κ3) is 3.50. The highest BCUT2D eigenvalue weighted by atomic mass is 32.2. The maximum absolute atomic E-state index is 9.11. The van der Waals surface area contributed by atoms with Crippen molar-refractivity contribution in [2.75, 3.05) is 0 Å². The second-order valence-electron chi connectivity index (χ2n) is 6.22. The fraction of sp³-hybridized carbons (Fsp3) is 0.0952. The maximum Gasteiger partial charge on any atom is 0.202 e. The number of nitrogens with zero attached hydrogens (tertiary/aromatic N) is 6. The first-order valence-corrected chi connectivity index (χ1v) is 9.47. The van der Waals surface area contributed by atoms with Gasteiger partial charge >= 0.3 is 0 Å². The minimum absolute atomic E-state index is 0.368. The van der Waals surface area contributed by atoms with Crippen molar-refractivity contribution in [3.05, 3.63) is 77.6 Å². The predicted octanol–water partition coefficient (Wildman–Crippen LogP) is 4.36. The summed E-state index contributed by atoms with van der Waals surface area (Å²) in [6, 6.07) is 19.4. The van der Waals surface area contributed by atoms with Crippen molar-refractivity contribution in [3.8, 4) is 23.3 Å². The third-order valence-electron chi connectivity index (χ3n) is 4.15. The van der Waals surface area contributed by atoms with E-state index in [2.05, 4.69) is 58.3 Å². The van der Waals surface area contributed by atoms with Gasteiger partial charge in [-0.1, -0.05) is 29.8 Å². The number of aromatic nitrogens is 5. The largest absolute Gasteiger partial charge is 0.268 e. The molecule has 0 fully saturated rings. The van der Waals surface area contributed by atoms with Gasteiger partial charge in [0.1, 0.15) is 22.5 Å². The first kappa shape index (κ1) is 17.9. The van der Waals surface area contributed by atoms with Crippen LogP contribution in [0, 0.1) is 25.2 Å². The van der Waals surface area contributed by atoms with Crippen LogP contribution in [0.3, 0.4) is 0 Å². The molecular formula is C21H16N6S. The number of aryl methyl sites for hydroxylation is 2. The highest BCUT2D eigenvalue weighted by Crippen LogP contribution is 2.32. The van der Waals surface area contributed by atoms with Crippen molar-refractivity contribution < 1.29 is 0 Å². The number of hydrogen-bond acceptors (Lipinski definition) is 6. The lowest BCUT2D eigenvalue weighted by molar-refractivity contribution is 0.875. The molecule has 0 aliphatic rings. The minimum Gasteiger partial charge on any atom is -0.268 e. The molecule has 0 saturated carbocycles. The van der Waals surface area contributed by atoms with Gasteiger partial charge in [0.25, 0.3) is 0 Å². The molecular weight excluding hydrogens is 368 g/mol. The molecule has 0 amide bonds. The predicted molar refractivity (Wildman–Crippen MR) is 107 cm³/mol. The second kappa shape index (κ2) is 7.62. The van der Waals surface area contributed by atoms with Gasteiger partial charge in [0, 0.05) is 6.20 Å². The molecule has 7 heteroatoms. The molecule has 0 N–H and O–H groups in total. The molecule has 0 aliphatic heterocycles. The van der Waals surface area contributed by atoms with Gasteiger partial charge in [-0.3, -0.25) is 9.55 Å². The molecule has 0 aliphatic carbocycles. The van der Waals surface area contributed by atoms with Crippen molar-refractivity contribution in [1.29, 1.82) is 5.26 Å². The average Bonchev–Trinajstić information content (AvgIpc) is 3.12. The number of pyridine rings is 2. The fourth-order valence-corrected chi connectivity index (χ4v) is 3.73. The quantitative estimate of drug-likeness (QED) is 0.520. The first-order chi connectivity index (χ1) is 13.7. The second-order valence-corrected chi connectivity index (χ2v) is 7.21. The Morgan fingerprint density at radius 3 is 2.64 bits per heavy atom. The maximum atomic E-state index is 9.11. The SMILES string of the molecule is Cc1ccc(-n2c(Sc3cccc(C#N)n3)nnc2-c2ccccn2)c(C)c1. The van der Waals surface area contributed by atoms with E-state index >= 15 is 0 Å². The van der Waals surface area contributed by atoms with Crippen LogP contribution in [0.4, 0.5) is 0 Å². The Kier molecular flexibility index (Phi) is 4.87. The molecule has 0 unspecified atom stereocenters. The van der Waals surface area contributed by atoms with Gasteiger partial charge < -0.3 is 0 Å². The molecule has 6 nitrogen and oxygen atoms in total. The van der Waals surface area contributed by atoms with Crippen LogP contribution < -0.4 is 0 Å². The summed E-state index contributed by atoms with van der Waals surface area (Å²) in [6.45, 7) is 4.13. The number of hydrogen-bond donors (Lipinski definition) is 0. The summed E-state index contributed by atoms with van der Waals surface area (Å²) < 4.78 is 1.99. The molecule has 3 heterocycles. The summed E-state index contributed by atoms with van der Waals surface area (Å²) in [5, 5.41) is 19.3. The summed E-state index contributed by atoms with van der Waals surface area (Å²) in [6.07, 6.45) is 1.74. The van der Waals surface area contributed by atoms with Crippen LogP contribution in [-0.4, -0.2) is 24.7 Å². The van der Waals surface area contributed by atoms with Crippen molar-refractivity contribution >= 4 is 11.8 Å². The Bertz CT molecular complexity index is 1180. The van der Waals surface area contributed by atoms with Crippen LogP contribution in [0.2, 0.25) is 0 Å². The van der Waals surface area contributed by atoms with E-state index in [-0.39, 0.29) is 0 Å². The van der Waals surface area contributed by atoms with E-state index in [1.54, 1.807) is 12.3 Å². The van der Waals surface area contributed by atoms with Gasteiger partial charge in [-0.25, -0.2) is 4.98 Å². The molecule has 0 radical (unpaired) electrons. The Morgan fingerprint density at radius 1 is 1.00 bits per heavy atom. The zero-order valence-corrected chi connectivity index (χ0v) is 16.2. The lowest BCUT2D eigenvalue weighted by Crippen LogP contribution is -2.03. The van der Waals surface area contributed by atoms with Crippen LogP contribution in [0.15, 0.2) is 71.0 Å². The average molecular weight is 384 g/mol. The lowest BCUT2D eigenvalue weighted by atomic mass is 10.1. The molecule has 1 aromatic carbocycles. The number of rotatable bonds is 4. The summed E-state index contributed by atoms with van der Waals surface area (Å²) in [5.41, 5.74) is 4.38. The molecule has 28 heavy (non-hydrogen) atoms. The van der Waals surface area contributed by atoms with E-state index in [0.29, 0.717) is 21.7 Å². The van der Waals surface area contributed by atoms with Gasteiger partial charge in [-0.05, 0) is 61.5 Å². The van der Waals surface area contributed by atoms with E-state index in [9.17, 15) is 0 Å². The van der Waals surface area contributed by atoms with Gasteiger partial charge in [-0.2, -0.15) is 5.26 Å². The van der Waals surface area contributed by atoms with E-state index in [1.807, 2.05) is 34.9 Å². The summed E-state index contributed by atoms with van der Waals surface area (Å²) >= 11 is 1.37. The monoisotopic (exact) mass is 384 g/mol. The molecule has 0 atom stereocenters. The Balaban J connectivity index is 1.87. The van der Waals surface area contributed by atoms with E-state index in [0.717, 1.165) is 16.9 Å². The van der Waals surface area contributed by atoms with Crippen molar-refractivity contribution in [1.82, 2.24) is 24.7 Å². The third-order valence-corrected chi connectivity index (χ3v) is 5.04. The number of nitriles is 1. The van der Waals surface area contributed by atoms with Crippen LogP contribution >= 0.6 is 11.8 Å². The standard InChI is InChI=1S/C21H16N6S/c1-14-9-10-18(15(2)12-14)27-20(17-7-3-4-11-23-17)25-26-21(27)28-19-8-5-6-16(13-22)24-19/h3-12H,1-2H3.